The van der Waals surface area contributed by atoms with Crippen LogP contribution in [0, 0.1) is 15.9 Å². The Morgan fingerprint density at radius 3 is 2.75 bits per heavy atom. The first-order chi connectivity index (χ1) is 9.51. The van der Waals surface area contributed by atoms with Crippen LogP contribution >= 0.6 is 0 Å². The molecule has 0 bridgehead atoms. The number of methoxy groups -OCH3 is 1. The second-order valence-electron chi connectivity index (χ2n) is 4.88. The van der Waals surface area contributed by atoms with E-state index in [0.717, 1.165) is 25.3 Å². The summed E-state index contributed by atoms with van der Waals surface area (Å²) in [6.07, 6.45) is 3.07. The Bertz CT molecular complexity index is 509. The van der Waals surface area contributed by atoms with Gasteiger partial charge in [-0.15, -0.1) is 0 Å². The molecule has 0 heterocycles. The topological polar surface area (TPSA) is 87.6 Å². The average Bonchev–Trinajstić information content (AvgIpc) is 2.40. The van der Waals surface area contributed by atoms with Gasteiger partial charge in [-0.05, 0) is 25.7 Å². The zero-order valence-electron chi connectivity index (χ0n) is 11.2. The van der Waals surface area contributed by atoms with Crippen molar-refractivity contribution in [3.63, 3.8) is 0 Å². The predicted octanol–water partition coefficient (Wildman–Crippen LogP) is 2.39. The molecule has 2 N–H and O–H groups in total. The number of halogens is 1. The second kappa shape index (κ2) is 6.04. The number of nitrogens with two attached hydrogens (primary N) is 1. The zero-order valence-corrected chi connectivity index (χ0v) is 11.2. The van der Waals surface area contributed by atoms with Gasteiger partial charge in [0.25, 0.3) is 0 Å². The van der Waals surface area contributed by atoms with Gasteiger partial charge in [0.05, 0.1) is 18.1 Å². The summed E-state index contributed by atoms with van der Waals surface area (Å²) >= 11 is 0. The van der Waals surface area contributed by atoms with Crippen LogP contribution in [-0.2, 0) is 0 Å². The van der Waals surface area contributed by atoms with Crippen molar-refractivity contribution in [2.24, 2.45) is 5.73 Å². The molecule has 0 aliphatic heterocycles. The molecule has 110 valence electrons. The van der Waals surface area contributed by atoms with Gasteiger partial charge in [0.2, 0.25) is 5.75 Å². The van der Waals surface area contributed by atoms with E-state index in [-0.39, 0.29) is 23.6 Å². The molecule has 7 heteroatoms. The molecule has 2 rings (SSSR count). The van der Waals surface area contributed by atoms with Crippen LogP contribution in [0.4, 0.5) is 10.1 Å². The van der Waals surface area contributed by atoms with Gasteiger partial charge in [-0.2, -0.15) is 0 Å². The molecule has 1 fully saturated rings. The minimum Gasteiger partial charge on any atom is -0.494 e. The first kappa shape index (κ1) is 14.5. The average molecular weight is 284 g/mol. The molecule has 2 atom stereocenters. The number of rotatable bonds is 4. The van der Waals surface area contributed by atoms with E-state index in [2.05, 4.69) is 0 Å². The molecule has 1 aliphatic rings. The van der Waals surface area contributed by atoms with Crippen molar-refractivity contribution in [2.45, 2.75) is 37.8 Å². The summed E-state index contributed by atoms with van der Waals surface area (Å²) in [5.41, 5.74) is 5.46. The minimum absolute atomic E-state index is 0.0207. The van der Waals surface area contributed by atoms with Gasteiger partial charge in [-0.25, -0.2) is 4.39 Å². The largest absolute Gasteiger partial charge is 0.494 e. The molecular formula is C13H17FN2O4. The quantitative estimate of drug-likeness (QED) is 0.677. The lowest BCUT2D eigenvalue weighted by molar-refractivity contribution is -0.386. The number of nitro groups is 1. The smallest absolute Gasteiger partial charge is 0.314 e. The normalized spacial score (nSPS) is 22.4. The molecule has 0 aromatic heterocycles. The predicted molar refractivity (Wildman–Crippen MR) is 70.5 cm³/mol. The molecule has 0 radical (unpaired) electrons. The Balaban J connectivity index is 2.26. The number of hydrogen-bond acceptors (Lipinski definition) is 5. The second-order valence-corrected chi connectivity index (χ2v) is 4.88. The summed E-state index contributed by atoms with van der Waals surface area (Å²) in [5.74, 6) is -0.843. The molecule has 1 aliphatic carbocycles. The third kappa shape index (κ3) is 3.16. The standard InChI is InChI=1S/C13H17FN2O4/c1-19-12-7-13(11(16(17)18)6-10(12)14)20-9-4-2-3-8(15)5-9/h6-9H,2-5,15H2,1H3. The van der Waals surface area contributed by atoms with Gasteiger partial charge in [-0.3, -0.25) is 10.1 Å². The van der Waals surface area contributed by atoms with Crippen LogP contribution in [0.25, 0.3) is 0 Å². The van der Waals surface area contributed by atoms with Crippen LogP contribution in [0.5, 0.6) is 11.5 Å². The van der Waals surface area contributed by atoms with Crippen LogP contribution in [0.15, 0.2) is 12.1 Å². The van der Waals surface area contributed by atoms with Crippen molar-refractivity contribution in [1.82, 2.24) is 0 Å². The molecule has 2 unspecified atom stereocenters. The van der Waals surface area contributed by atoms with Crippen molar-refractivity contribution in [1.29, 1.82) is 0 Å². The number of hydrogen-bond donors (Lipinski definition) is 1. The van der Waals surface area contributed by atoms with Crippen LogP contribution < -0.4 is 15.2 Å². The Hall–Kier alpha value is -1.89. The van der Waals surface area contributed by atoms with Crippen molar-refractivity contribution in [2.75, 3.05) is 7.11 Å². The maximum Gasteiger partial charge on any atom is 0.314 e. The molecule has 0 amide bonds. The molecule has 6 nitrogen and oxygen atoms in total. The fourth-order valence-corrected chi connectivity index (χ4v) is 2.39. The highest BCUT2D eigenvalue weighted by atomic mass is 19.1. The van der Waals surface area contributed by atoms with Crippen LogP contribution in [-0.4, -0.2) is 24.2 Å². The van der Waals surface area contributed by atoms with Crippen molar-refractivity contribution in [3.8, 4) is 11.5 Å². The number of benzene rings is 1. The first-order valence-corrected chi connectivity index (χ1v) is 6.45. The zero-order chi connectivity index (χ0) is 14.7. The molecule has 0 saturated heterocycles. The first-order valence-electron chi connectivity index (χ1n) is 6.45. The molecule has 20 heavy (non-hydrogen) atoms. The Kier molecular flexibility index (Phi) is 4.39. The van der Waals surface area contributed by atoms with E-state index >= 15 is 0 Å². The molecule has 1 saturated carbocycles. The minimum atomic E-state index is -0.785. The van der Waals surface area contributed by atoms with E-state index in [0.29, 0.717) is 6.42 Å². The van der Waals surface area contributed by atoms with E-state index in [9.17, 15) is 14.5 Å². The molecule has 1 aromatic carbocycles. The fraction of sp³-hybridized carbons (Fsp3) is 0.538. The van der Waals surface area contributed by atoms with Crippen molar-refractivity contribution >= 4 is 5.69 Å². The van der Waals surface area contributed by atoms with Crippen LogP contribution in [0.3, 0.4) is 0 Å². The van der Waals surface area contributed by atoms with E-state index < -0.39 is 16.4 Å². The van der Waals surface area contributed by atoms with Gasteiger partial charge in [0.1, 0.15) is 6.10 Å². The Morgan fingerprint density at radius 2 is 2.15 bits per heavy atom. The molecule has 1 aromatic rings. The monoisotopic (exact) mass is 284 g/mol. The van der Waals surface area contributed by atoms with Gasteiger partial charge in [-0.1, -0.05) is 0 Å². The third-order valence-electron chi connectivity index (χ3n) is 3.39. The van der Waals surface area contributed by atoms with Crippen LogP contribution in [0.2, 0.25) is 0 Å². The lowest BCUT2D eigenvalue weighted by atomic mass is 9.93. The summed E-state index contributed by atoms with van der Waals surface area (Å²) < 4.78 is 24.0. The maximum atomic E-state index is 13.5. The van der Waals surface area contributed by atoms with E-state index in [1.165, 1.54) is 13.2 Å². The number of nitro benzene ring substituents is 1. The van der Waals surface area contributed by atoms with E-state index in [4.69, 9.17) is 15.2 Å². The Labute approximate surface area is 115 Å². The van der Waals surface area contributed by atoms with Gasteiger partial charge >= 0.3 is 5.69 Å². The fourth-order valence-electron chi connectivity index (χ4n) is 2.39. The number of nitrogens with zero attached hydrogens (tertiary/aromatic N) is 1. The molecular weight excluding hydrogens is 267 g/mol. The highest BCUT2D eigenvalue weighted by Gasteiger charge is 2.26. The van der Waals surface area contributed by atoms with Crippen molar-refractivity contribution < 1.29 is 18.8 Å². The lowest BCUT2D eigenvalue weighted by Crippen LogP contribution is -2.33. The summed E-state index contributed by atoms with van der Waals surface area (Å²) in [7, 11) is 1.30. The number of ether oxygens (including phenoxy) is 2. The lowest BCUT2D eigenvalue weighted by Gasteiger charge is -2.27. The van der Waals surface area contributed by atoms with Crippen molar-refractivity contribution in [3.05, 3.63) is 28.1 Å². The summed E-state index contributed by atoms with van der Waals surface area (Å²) in [4.78, 5) is 10.3. The molecule has 0 spiro atoms. The van der Waals surface area contributed by atoms with E-state index in [1.807, 2.05) is 0 Å². The van der Waals surface area contributed by atoms with E-state index in [1.54, 1.807) is 0 Å². The van der Waals surface area contributed by atoms with Gasteiger partial charge in [0, 0.05) is 12.1 Å². The van der Waals surface area contributed by atoms with Crippen LogP contribution in [0.1, 0.15) is 25.7 Å². The van der Waals surface area contributed by atoms with Gasteiger partial charge < -0.3 is 15.2 Å². The summed E-state index contributed by atoms with van der Waals surface area (Å²) in [6, 6.07) is 2.07. The highest BCUT2D eigenvalue weighted by molar-refractivity contribution is 5.51. The summed E-state index contributed by atoms with van der Waals surface area (Å²) in [5, 5.41) is 11.0. The van der Waals surface area contributed by atoms with Gasteiger partial charge in [0.15, 0.2) is 11.6 Å². The Morgan fingerprint density at radius 1 is 1.40 bits per heavy atom. The SMILES string of the molecule is COc1cc(OC2CCCC(N)C2)c([N+](=O)[O-])cc1F. The summed E-state index contributed by atoms with van der Waals surface area (Å²) in [6.45, 7) is 0. The highest BCUT2D eigenvalue weighted by Crippen LogP contribution is 2.35. The third-order valence-corrected chi connectivity index (χ3v) is 3.39. The maximum absolute atomic E-state index is 13.5.